The highest BCUT2D eigenvalue weighted by molar-refractivity contribution is 5.88. The zero-order valence-corrected chi connectivity index (χ0v) is 14.4. The van der Waals surface area contributed by atoms with Gasteiger partial charge >= 0.3 is 0 Å². The summed E-state index contributed by atoms with van der Waals surface area (Å²) in [5.41, 5.74) is 6.19. The molecule has 0 aliphatic heterocycles. The first-order chi connectivity index (χ1) is 11.1. The summed E-state index contributed by atoms with van der Waals surface area (Å²) in [6.45, 7) is 10.2. The van der Waals surface area contributed by atoms with E-state index in [2.05, 4.69) is 61.5 Å². The Hall–Kier alpha value is -2.29. The highest BCUT2D eigenvalue weighted by atomic mass is 16.5. The van der Waals surface area contributed by atoms with E-state index < -0.39 is 0 Å². The van der Waals surface area contributed by atoms with Gasteiger partial charge in [0.05, 0.1) is 0 Å². The predicted molar refractivity (Wildman–Crippen MR) is 95.0 cm³/mol. The monoisotopic (exact) mass is 308 g/mol. The Bertz CT molecular complexity index is 833. The average Bonchev–Trinajstić information content (AvgIpc) is 2.80. The molecule has 0 bridgehead atoms. The normalized spacial score (nSPS) is 11.1. The number of hydrogen-bond donors (Lipinski definition) is 0. The number of hydrogen-bond acceptors (Lipinski definition) is 2. The van der Waals surface area contributed by atoms with Crippen LogP contribution in [0, 0.1) is 20.8 Å². The number of pyridine rings is 1. The van der Waals surface area contributed by atoms with Crippen molar-refractivity contribution in [1.82, 2.24) is 9.55 Å². The molecule has 0 unspecified atom stereocenters. The van der Waals surface area contributed by atoms with Crippen LogP contribution in [-0.2, 0) is 13.2 Å². The molecule has 23 heavy (non-hydrogen) atoms. The molecule has 3 aromatic rings. The first-order valence-electron chi connectivity index (χ1n) is 8.25. The number of aromatic nitrogens is 2. The molecule has 1 aromatic carbocycles. The van der Waals surface area contributed by atoms with Crippen molar-refractivity contribution in [3.05, 3.63) is 58.9 Å². The lowest BCUT2D eigenvalue weighted by Gasteiger charge is -2.12. The van der Waals surface area contributed by atoms with Gasteiger partial charge in [0.2, 0.25) is 5.88 Å². The summed E-state index contributed by atoms with van der Waals surface area (Å²) >= 11 is 0. The van der Waals surface area contributed by atoms with E-state index in [1.54, 1.807) is 0 Å². The van der Waals surface area contributed by atoms with E-state index in [1.165, 1.54) is 27.8 Å². The molecule has 0 fully saturated rings. The van der Waals surface area contributed by atoms with Crippen molar-refractivity contribution in [1.29, 1.82) is 0 Å². The van der Waals surface area contributed by atoms with Gasteiger partial charge in [-0.25, -0.2) is 4.98 Å². The van der Waals surface area contributed by atoms with Crippen molar-refractivity contribution in [2.45, 2.75) is 47.3 Å². The fourth-order valence-corrected chi connectivity index (χ4v) is 3.09. The van der Waals surface area contributed by atoms with Crippen LogP contribution in [0.4, 0.5) is 0 Å². The Labute approximate surface area is 137 Å². The lowest BCUT2D eigenvalue weighted by atomic mass is 10.1. The van der Waals surface area contributed by atoms with Gasteiger partial charge in [-0.2, -0.15) is 0 Å². The zero-order valence-electron chi connectivity index (χ0n) is 14.4. The number of nitrogens with zero attached hydrogens (tertiary/aromatic N) is 2. The number of fused-ring (bicyclic) bond motifs is 1. The van der Waals surface area contributed by atoms with Crippen LogP contribution in [0.3, 0.4) is 0 Å². The molecule has 2 heterocycles. The van der Waals surface area contributed by atoms with Crippen molar-refractivity contribution in [2.24, 2.45) is 0 Å². The Kier molecular flexibility index (Phi) is 4.37. The summed E-state index contributed by atoms with van der Waals surface area (Å²) in [5.74, 6) is 0.732. The maximum Gasteiger partial charge on any atom is 0.238 e. The zero-order chi connectivity index (χ0) is 16.4. The van der Waals surface area contributed by atoms with E-state index >= 15 is 0 Å². The van der Waals surface area contributed by atoms with E-state index in [-0.39, 0.29) is 0 Å². The average molecular weight is 308 g/mol. The largest absolute Gasteiger partial charge is 0.471 e. The summed E-state index contributed by atoms with van der Waals surface area (Å²) < 4.78 is 8.45. The molecule has 0 saturated heterocycles. The van der Waals surface area contributed by atoms with Gasteiger partial charge in [-0.05, 0) is 49.9 Å². The standard InChI is InChI=1S/C20H24N2O/c1-5-12-22-16(4)15(3)18-10-11-21-20(19(18)22)23-13-17-9-7-6-8-14(17)2/h6-11H,5,12-13H2,1-4H3. The molecular weight excluding hydrogens is 284 g/mol. The van der Waals surface area contributed by atoms with Crippen molar-refractivity contribution in [2.75, 3.05) is 0 Å². The molecule has 0 N–H and O–H groups in total. The van der Waals surface area contributed by atoms with E-state index in [0.29, 0.717) is 6.61 Å². The molecule has 0 saturated carbocycles. The molecule has 3 nitrogen and oxygen atoms in total. The van der Waals surface area contributed by atoms with Gasteiger partial charge in [0, 0.05) is 23.8 Å². The van der Waals surface area contributed by atoms with Crippen LogP contribution in [0.1, 0.15) is 35.7 Å². The summed E-state index contributed by atoms with van der Waals surface area (Å²) in [4.78, 5) is 4.51. The van der Waals surface area contributed by atoms with Crippen LogP contribution >= 0.6 is 0 Å². The second kappa shape index (κ2) is 6.45. The Balaban J connectivity index is 2.01. The lowest BCUT2D eigenvalue weighted by molar-refractivity contribution is 0.295. The minimum atomic E-state index is 0.550. The Morgan fingerprint density at radius 2 is 1.87 bits per heavy atom. The lowest BCUT2D eigenvalue weighted by Crippen LogP contribution is -2.04. The van der Waals surface area contributed by atoms with Crippen LogP contribution in [0.15, 0.2) is 36.5 Å². The number of ether oxygens (including phenoxy) is 1. The van der Waals surface area contributed by atoms with E-state index in [9.17, 15) is 0 Å². The third-order valence-electron chi connectivity index (χ3n) is 4.59. The van der Waals surface area contributed by atoms with E-state index in [1.807, 2.05) is 12.3 Å². The van der Waals surface area contributed by atoms with Gasteiger partial charge in [0.25, 0.3) is 0 Å². The number of rotatable bonds is 5. The quantitative estimate of drug-likeness (QED) is 0.667. The molecular formula is C20H24N2O. The summed E-state index contributed by atoms with van der Waals surface area (Å²) in [6, 6.07) is 10.4. The van der Waals surface area contributed by atoms with Gasteiger partial charge in [0.15, 0.2) is 0 Å². The molecule has 0 aliphatic carbocycles. The summed E-state index contributed by atoms with van der Waals surface area (Å²) in [6.07, 6.45) is 2.94. The van der Waals surface area contributed by atoms with Gasteiger partial charge in [0.1, 0.15) is 12.1 Å². The molecule has 3 rings (SSSR count). The molecule has 0 aliphatic rings. The molecule has 0 atom stereocenters. The Morgan fingerprint density at radius 3 is 2.61 bits per heavy atom. The SMILES string of the molecule is CCCn1c(C)c(C)c2ccnc(OCc3ccccc3C)c21. The predicted octanol–water partition coefficient (Wildman–Crippen LogP) is 4.95. The Morgan fingerprint density at radius 1 is 1.09 bits per heavy atom. The maximum absolute atomic E-state index is 6.11. The third-order valence-corrected chi connectivity index (χ3v) is 4.59. The highest BCUT2D eigenvalue weighted by Gasteiger charge is 2.15. The first-order valence-corrected chi connectivity index (χ1v) is 8.25. The van der Waals surface area contributed by atoms with E-state index in [4.69, 9.17) is 4.74 Å². The van der Waals surface area contributed by atoms with Crippen molar-refractivity contribution >= 4 is 10.9 Å². The molecule has 3 heteroatoms. The molecule has 0 spiro atoms. The van der Waals surface area contributed by atoms with Crippen molar-refractivity contribution in [3.8, 4) is 5.88 Å². The second-order valence-corrected chi connectivity index (χ2v) is 6.09. The topological polar surface area (TPSA) is 27.1 Å². The van der Waals surface area contributed by atoms with Gasteiger partial charge in [-0.15, -0.1) is 0 Å². The smallest absolute Gasteiger partial charge is 0.238 e. The highest BCUT2D eigenvalue weighted by Crippen LogP contribution is 2.31. The minimum Gasteiger partial charge on any atom is -0.471 e. The van der Waals surface area contributed by atoms with Crippen LogP contribution in [0.25, 0.3) is 10.9 Å². The number of benzene rings is 1. The summed E-state index contributed by atoms with van der Waals surface area (Å²) in [5, 5.41) is 1.24. The van der Waals surface area contributed by atoms with Crippen LogP contribution in [0.5, 0.6) is 5.88 Å². The van der Waals surface area contributed by atoms with E-state index in [0.717, 1.165) is 24.4 Å². The first kappa shape index (κ1) is 15.6. The van der Waals surface area contributed by atoms with Gasteiger partial charge in [-0.1, -0.05) is 31.2 Å². The molecule has 0 amide bonds. The maximum atomic E-state index is 6.11. The van der Waals surface area contributed by atoms with Crippen LogP contribution < -0.4 is 4.74 Å². The third kappa shape index (κ3) is 2.83. The van der Waals surface area contributed by atoms with Crippen LogP contribution in [-0.4, -0.2) is 9.55 Å². The van der Waals surface area contributed by atoms with Gasteiger partial charge in [-0.3, -0.25) is 0 Å². The molecule has 2 aromatic heterocycles. The fraction of sp³-hybridized carbons (Fsp3) is 0.350. The van der Waals surface area contributed by atoms with Crippen LogP contribution in [0.2, 0.25) is 0 Å². The van der Waals surface area contributed by atoms with Crippen molar-refractivity contribution < 1.29 is 4.74 Å². The minimum absolute atomic E-state index is 0.550. The van der Waals surface area contributed by atoms with Crippen molar-refractivity contribution in [3.63, 3.8) is 0 Å². The number of aryl methyl sites for hydroxylation is 3. The fourth-order valence-electron chi connectivity index (χ4n) is 3.09. The molecule has 0 radical (unpaired) electrons. The van der Waals surface area contributed by atoms with Gasteiger partial charge < -0.3 is 9.30 Å². The summed E-state index contributed by atoms with van der Waals surface area (Å²) in [7, 11) is 0. The molecule has 120 valence electrons. The second-order valence-electron chi connectivity index (χ2n) is 6.09.